The van der Waals surface area contributed by atoms with Crippen molar-refractivity contribution in [2.24, 2.45) is 0 Å². The van der Waals surface area contributed by atoms with Gasteiger partial charge in [0.1, 0.15) is 0 Å². The number of piperidine rings is 2. The quantitative estimate of drug-likeness (QED) is 0.727. The minimum Gasteiger partial charge on any atom is -0.333 e. The Hall–Kier alpha value is -1.41. The summed E-state index contributed by atoms with van der Waals surface area (Å²) in [6.45, 7) is 0.727. The van der Waals surface area contributed by atoms with Crippen LogP contribution in [0.1, 0.15) is 53.1 Å². The molecule has 0 unspecified atom stereocenters. The van der Waals surface area contributed by atoms with Crippen molar-refractivity contribution in [3.63, 3.8) is 0 Å². The fourth-order valence-electron chi connectivity index (χ4n) is 3.75. The van der Waals surface area contributed by atoms with Crippen LogP contribution in [-0.2, 0) is 6.18 Å². The zero-order chi connectivity index (χ0) is 18.9. The summed E-state index contributed by atoms with van der Waals surface area (Å²) in [5.41, 5.74) is -0.609. The maximum Gasteiger partial charge on any atom is 0.416 e. The Morgan fingerprint density at radius 1 is 1.19 bits per heavy atom. The van der Waals surface area contributed by atoms with Crippen LogP contribution in [0.5, 0.6) is 0 Å². The van der Waals surface area contributed by atoms with Crippen LogP contribution in [0.2, 0.25) is 0 Å². The van der Waals surface area contributed by atoms with Gasteiger partial charge in [-0.25, -0.2) is 8.78 Å². The lowest BCUT2D eigenvalue weighted by Crippen LogP contribution is -2.45. The topological polar surface area (TPSA) is 32.3 Å². The van der Waals surface area contributed by atoms with E-state index in [1.54, 1.807) is 0 Å². The highest BCUT2D eigenvalue weighted by atomic mass is 35.5. The van der Waals surface area contributed by atoms with Crippen molar-refractivity contribution in [3.8, 4) is 0 Å². The molecule has 9 heteroatoms. The second-order valence-corrected chi connectivity index (χ2v) is 7.01. The molecule has 3 nitrogen and oxygen atoms in total. The first-order chi connectivity index (χ1) is 12.2. The number of amides is 1. The highest BCUT2D eigenvalue weighted by Gasteiger charge is 2.39. The lowest BCUT2D eigenvalue weighted by molar-refractivity contribution is -0.138. The molecular weight excluding hydrogens is 391 g/mol. The fourth-order valence-corrected chi connectivity index (χ4v) is 3.75. The van der Waals surface area contributed by atoms with Crippen LogP contribution in [0.3, 0.4) is 0 Å². The number of nitrogens with zero attached hydrogens (tertiary/aromatic N) is 1. The lowest BCUT2D eigenvalue weighted by atomic mass is 9.85. The van der Waals surface area contributed by atoms with Crippen LogP contribution in [0.4, 0.5) is 22.0 Å². The predicted octanol–water partition coefficient (Wildman–Crippen LogP) is 4.47. The molecule has 1 N–H and O–H groups in total. The van der Waals surface area contributed by atoms with Gasteiger partial charge < -0.3 is 10.2 Å². The van der Waals surface area contributed by atoms with E-state index >= 15 is 0 Å². The van der Waals surface area contributed by atoms with Gasteiger partial charge in [0.2, 0.25) is 0 Å². The minimum absolute atomic E-state index is 0. The Morgan fingerprint density at radius 2 is 1.85 bits per heavy atom. The summed E-state index contributed by atoms with van der Waals surface area (Å²) in [6.07, 6.45) is -3.52. The van der Waals surface area contributed by atoms with Crippen molar-refractivity contribution in [1.82, 2.24) is 10.2 Å². The predicted molar refractivity (Wildman–Crippen MR) is 93.6 cm³/mol. The summed E-state index contributed by atoms with van der Waals surface area (Å²) in [7, 11) is 0. The number of likely N-dealkylation sites (tertiary alicyclic amines) is 1. The van der Waals surface area contributed by atoms with Crippen LogP contribution in [0, 0.1) is 0 Å². The zero-order valence-electron chi connectivity index (χ0n) is 14.6. The molecule has 1 amide bonds. The molecule has 0 aromatic heterocycles. The van der Waals surface area contributed by atoms with Gasteiger partial charge >= 0.3 is 6.18 Å². The van der Waals surface area contributed by atoms with Gasteiger partial charge in [0.05, 0.1) is 12.1 Å². The highest BCUT2D eigenvalue weighted by Crippen LogP contribution is 2.39. The van der Waals surface area contributed by atoms with Crippen molar-refractivity contribution in [1.29, 1.82) is 0 Å². The summed E-state index contributed by atoms with van der Waals surface area (Å²) in [6, 6.07) is 3.27. The Bertz CT molecular complexity index is 674. The van der Waals surface area contributed by atoms with Gasteiger partial charge in [0, 0.05) is 18.5 Å². The normalized spacial score (nSPS) is 20.9. The molecule has 3 rings (SSSR count). The number of hydrogen-bond acceptors (Lipinski definition) is 2. The summed E-state index contributed by atoms with van der Waals surface area (Å²) in [5.74, 6) is -3.88. The summed E-state index contributed by atoms with van der Waals surface area (Å²) < 4.78 is 67.3. The average molecular weight is 413 g/mol. The SMILES string of the molecule is Cl.O=C(c1ccc(C(F)(F)F)c(C2CCNCC2)c1)N1CCCC(F)(F)C1. The number of alkyl halides is 5. The third-order valence-electron chi connectivity index (χ3n) is 5.06. The number of halogens is 6. The number of rotatable bonds is 2. The van der Waals surface area contributed by atoms with E-state index < -0.39 is 30.1 Å². The van der Waals surface area contributed by atoms with Crippen LogP contribution in [-0.4, -0.2) is 42.9 Å². The molecule has 2 heterocycles. The molecular formula is C18H22ClF5N2O. The van der Waals surface area contributed by atoms with Gasteiger partial charge in [0.15, 0.2) is 0 Å². The van der Waals surface area contributed by atoms with Crippen LogP contribution in [0.15, 0.2) is 18.2 Å². The monoisotopic (exact) mass is 412 g/mol. The van der Waals surface area contributed by atoms with Crippen LogP contribution < -0.4 is 5.32 Å². The summed E-state index contributed by atoms with van der Waals surface area (Å²) in [5, 5.41) is 3.10. The molecule has 2 aliphatic heterocycles. The molecule has 27 heavy (non-hydrogen) atoms. The molecule has 0 radical (unpaired) electrons. The Balaban J connectivity index is 0.00000261. The number of hydrogen-bond donors (Lipinski definition) is 1. The van der Waals surface area contributed by atoms with E-state index in [2.05, 4.69) is 5.32 Å². The maximum atomic E-state index is 13.6. The molecule has 2 fully saturated rings. The first kappa shape index (κ1) is 21.9. The van der Waals surface area contributed by atoms with Gasteiger partial charge in [-0.15, -0.1) is 12.4 Å². The molecule has 0 bridgehead atoms. The first-order valence-electron chi connectivity index (χ1n) is 8.76. The smallest absolute Gasteiger partial charge is 0.333 e. The van der Waals surface area contributed by atoms with Gasteiger partial charge in [-0.2, -0.15) is 13.2 Å². The Morgan fingerprint density at radius 3 is 2.44 bits per heavy atom. The number of carbonyl (C=O) groups excluding carboxylic acids is 1. The van der Waals surface area contributed by atoms with Gasteiger partial charge in [-0.1, -0.05) is 0 Å². The number of carbonyl (C=O) groups is 1. The molecule has 0 aliphatic carbocycles. The summed E-state index contributed by atoms with van der Waals surface area (Å²) in [4.78, 5) is 13.6. The second-order valence-electron chi connectivity index (χ2n) is 7.01. The average Bonchev–Trinajstić information content (AvgIpc) is 2.59. The summed E-state index contributed by atoms with van der Waals surface area (Å²) >= 11 is 0. The van der Waals surface area contributed by atoms with Crippen molar-refractivity contribution in [3.05, 3.63) is 34.9 Å². The highest BCUT2D eigenvalue weighted by molar-refractivity contribution is 5.94. The van der Waals surface area contributed by atoms with Gasteiger partial charge in [0.25, 0.3) is 11.8 Å². The van der Waals surface area contributed by atoms with E-state index in [1.165, 1.54) is 6.07 Å². The van der Waals surface area contributed by atoms with Crippen LogP contribution >= 0.6 is 12.4 Å². The third kappa shape index (κ3) is 5.10. The molecule has 0 atom stereocenters. The molecule has 1 aromatic rings. The van der Waals surface area contributed by atoms with Crippen molar-refractivity contribution < 1.29 is 26.7 Å². The van der Waals surface area contributed by atoms with Crippen molar-refractivity contribution >= 4 is 18.3 Å². The largest absolute Gasteiger partial charge is 0.416 e. The second kappa shape index (κ2) is 8.31. The fraction of sp³-hybridized carbons (Fsp3) is 0.611. The van der Waals surface area contributed by atoms with E-state index in [0.29, 0.717) is 25.9 Å². The number of nitrogens with one attached hydrogen (secondary N) is 1. The molecule has 152 valence electrons. The van der Waals surface area contributed by atoms with E-state index in [9.17, 15) is 26.7 Å². The van der Waals surface area contributed by atoms with E-state index in [-0.39, 0.29) is 48.8 Å². The van der Waals surface area contributed by atoms with Crippen molar-refractivity contribution in [2.75, 3.05) is 26.2 Å². The van der Waals surface area contributed by atoms with Gasteiger partial charge in [-0.3, -0.25) is 4.79 Å². The molecule has 2 saturated heterocycles. The van der Waals surface area contributed by atoms with Crippen molar-refractivity contribution in [2.45, 2.75) is 43.7 Å². The van der Waals surface area contributed by atoms with E-state index in [0.717, 1.165) is 17.0 Å². The number of benzene rings is 1. The Kier molecular flexibility index (Phi) is 6.73. The molecule has 0 saturated carbocycles. The van der Waals surface area contributed by atoms with Gasteiger partial charge in [-0.05, 0) is 62.0 Å². The van der Waals surface area contributed by atoms with E-state index in [1.807, 2.05) is 0 Å². The van der Waals surface area contributed by atoms with E-state index in [4.69, 9.17) is 0 Å². The molecule has 1 aromatic carbocycles. The maximum absolute atomic E-state index is 13.6. The van der Waals surface area contributed by atoms with Crippen LogP contribution in [0.25, 0.3) is 0 Å². The standard InChI is InChI=1S/C18H21F5N2O.ClH/c19-17(20)6-1-9-25(11-17)16(26)13-2-3-15(18(21,22)23)14(10-13)12-4-7-24-8-5-12;/h2-3,10,12,24H,1,4-9,11H2;1H. The third-order valence-corrected chi connectivity index (χ3v) is 5.06. The minimum atomic E-state index is -4.51. The molecule has 0 spiro atoms. The first-order valence-corrected chi connectivity index (χ1v) is 8.76. The molecule has 2 aliphatic rings. The lowest BCUT2D eigenvalue weighted by Gasteiger charge is -2.33. The Labute approximate surface area is 160 Å². The zero-order valence-corrected chi connectivity index (χ0v) is 15.4.